The van der Waals surface area contributed by atoms with Gasteiger partial charge in [-0.25, -0.2) is 0 Å². The van der Waals surface area contributed by atoms with Crippen molar-refractivity contribution in [3.8, 4) is 0 Å². The van der Waals surface area contributed by atoms with Gasteiger partial charge in [-0.05, 0) is 35.2 Å². The van der Waals surface area contributed by atoms with Crippen LogP contribution < -0.4 is 11.1 Å². The summed E-state index contributed by atoms with van der Waals surface area (Å²) in [6, 6.07) is 13.3. The Kier molecular flexibility index (Phi) is 6.06. The van der Waals surface area contributed by atoms with Gasteiger partial charge < -0.3 is 11.1 Å². The molecule has 0 fully saturated rings. The van der Waals surface area contributed by atoms with Crippen molar-refractivity contribution in [1.82, 2.24) is 4.90 Å². The van der Waals surface area contributed by atoms with E-state index in [-0.39, 0.29) is 11.3 Å². The average molecular weight is 420 g/mol. The topological polar surface area (TPSA) is 58.4 Å². The van der Waals surface area contributed by atoms with E-state index in [1.54, 1.807) is 0 Å². The van der Waals surface area contributed by atoms with E-state index in [2.05, 4.69) is 31.0 Å². The van der Waals surface area contributed by atoms with Crippen LogP contribution >= 0.6 is 23.2 Å². The first-order valence-electron chi connectivity index (χ1n) is 9.47. The van der Waals surface area contributed by atoms with Gasteiger partial charge in [-0.1, -0.05) is 62.2 Å². The van der Waals surface area contributed by atoms with E-state index >= 15 is 0 Å². The van der Waals surface area contributed by atoms with E-state index < -0.39 is 5.54 Å². The minimum atomic E-state index is -0.864. The predicted molar refractivity (Wildman–Crippen MR) is 117 cm³/mol. The Morgan fingerprint density at radius 2 is 1.82 bits per heavy atom. The second-order valence-corrected chi connectivity index (χ2v) is 9.45. The molecule has 3 N–H and O–H groups in total. The van der Waals surface area contributed by atoms with Crippen molar-refractivity contribution >= 4 is 34.8 Å². The molecule has 1 atom stereocenters. The predicted octanol–water partition coefficient (Wildman–Crippen LogP) is 4.69. The summed E-state index contributed by atoms with van der Waals surface area (Å²) in [7, 11) is 0. The fraction of sp³-hybridized carbons (Fsp3) is 0.409. The van der Waals surface area contributed by atoms with Crippen LogP contribution in [0, 0.1) is 5.41 Å². The minimum Gasteiger partial charge on any atom is -0.329 e. The third-order valence-electron chi connectivity index (χ3n) is 5.00. The highest BCUT2D eigenvalue weighted by Crippen LogP contribution is 2.45. The van der Waals surface area contributed by atoms with E-state index in [1.165, 1.54) is 0 Å². The second-order valence-electron chi connectivity index (χ2n) is 8.58. The van der Waals surface area contributed by atoms with E-state index in [0.717, 1.165) is 23.4 Å². The number of carbonyl (C=O) groups excluding carboxylic acids is 1. The number of halogens is 2. The molecule has 0 radical (unpaired) electrons. The van der Waals surface area contributed by atoms with Gasteiger partial charge in [0.15, 0.2) is 0 Å². The van der Waals surface area contributed by atoms with E-state index in [9.17, 15) is 4.79 Å². The largest absolute Gasteiger partial charge is 0.329 e. The summed E-state index contributed by atoms with van der Waals surface area (Å²) in [6.45, 7) is 8.29. The van der Waals surface area contributed by atoms with Crippen molar-refractivity contribution in [2.75, 3.05) is 25.0 Å². The zero-order valence-electron chi connectivity index (χ0n) is 16.6. The molecule has 3 rings (SSSR count). The van der Waals surface area contributed by atoms with Crippen LogP contribution in [-0.4, -0.2) is 30.4 Å². The fourth-order valence-corrected chi connectivity index (χ4v) is 4.39. The first kappa shape index (κ1) is 21.1. The smallest absolute Gasteiger partial charge is 0.249 e. The van der Waals surface area contributed by atoms with Gasteiger partial charge in [-0.2, -0.15) is 0 Å². The molecule has 4 nitrogen and oxygen atoms in total. The fourth-order valence-electron chi connectivity index (χ4n) is 4.01. The molecular formula is C22H27Cl2N3O. The van der Waals surface area contributed by atoms with Crippen LogP contribution in [0.25, 0.3) is 0 Å². The third-order valence-corrected chi connectivity index (χ3v) is 5.47. The lowest BCUT2D eigenvalue weighted by molar-refractivity contribution is -0.128. The molecule has 2 aromatic rings. The molecule has 0 saturated heterocycles. The van der Waals surface area contributed by atoms with Crippen molar-refractivity contribution in [3.05, 3.63) is 63.6 Å². The Labute approximate surface area is 177 Å². The molecule has 0 saturated carbocycles. The molecule has 150 valence electrons. The number of benzene rings is 2. The molecule has 0 aliphatic carbocycles. The SMILES string of the molecule is CC(C)(C)CN(CCN)[C@]1(Cc2cccc(Cl)c2)C(=O)Nc2cc(Cl)ccc21. The molecule has 1 amide bonds. The summed E-state index contributed by atoms with van der Waals surface area (Å²) < 4.78 is 0. The summed E-state index contributed by atoms with van der Waals surface area (Å²) >= 11 is 12.4. The number of nitrogens with one attached hydrogen (secondary N) is 1. The Bertz CT molecular complexity index is 878. The van der Waals surface area contributed by atoms with Gasteiger partial charge >= 0.3 is 0 Å². The number of carbonyl (C=O) groups is 1. The number of fused-ring (bicyclic) bond motifs is 1. The van der Waals surface area contributed by atoms with Crippen LogP contribution in [0.5, 0.6) is 0 Å². The van der Waals surface area contributed by atoms with Gasteiger partial charge in [0.2, 0.25) is 5.91 Å². The molecule has 1 aliphatic rings. The number of nitrogens with zero attached hydrogens (tertiary/aromatic N) is 1. The molecule has 2 aromatic carbocycles. The zero-order chi connectivity index (χ0) is 20.5. The van der Waals surface area contributed by atoms with Gasteiger partial charge in [0.1, 0.15) is 5.54 Å². The van der Waals surface area contributed by atoms with Crippen molar-refractivity contribution in [1.29, 1.82) is 0 Å². The molecule has 0 bridgehead atoms. The van der Waals surface area contributed by atoms with Crippen molar-refractivity contribution in [2.45, 2.75) is 32.7 Å². The van der Waals surface area contributed by atoms with E-state index in [1.807, 2.05) is 42.5 Å². The van der Waals surface area contributed by atoms with Gasteiger partial charge in [0, 0.05) is 47.4 Å². The van der Waals surface area contributed by atoms with E-state index in [4.69, 9.17) is 28.9 Å². The lowest BCUT2D eigenvalue weighted by Gasteiger charge is -2.43. The molecule has 0 spiro atoms. The molecule has 0 unspecified atom stereocenters. The molecule has 1 aliphatic heterocycles. The minimum absolute atomic E-state index is 0.00797. The molecular weight excluding hydrogens is 393 g/mol. The third kappa shape index (κ3) is 4.20. The summed E-state index contributed by atoms with van der Waals surface area (Å²) in [5.74, 6) is -0.0533. The summed E-state index contributed by atoms with van der Waals surface area (Å²) in [4.78, 5) is 15.7. The zero-order valence-corrected chi connectivity index (χ0v) is 18.1. The van der Waals surface area contributed by atoms with Crippen LogP contribution in [0.2, 0.25) is 10.0 Å². The van der Waals surface area contributed by atoms with Crippen LogP contribution in [0.1, 0.15) is 31.9 Å². The molecule has 6 heteroatoms. The first-order chi connectivity index (χ1) is 13.2. The second kappa shape index (κ2) is 8.03. The maximum atomic E-state index is 13.5. The number of rotatable bonds is 6. The van der Waals surface area contributed by atoms with Crippen LogP contribution in [0.15, 0.2) is 42.5 Å². The first-order valence-corrected chi connectivity index (χ1v) is 10.2. The van der Waals surface area contributed by atoms with Gasteiger partial charge in [0.25, 0.3) is 0 Å². The van der Waals surface area contributed by atoms with Gasteiger partial charge in [0.05, 0.1) is 0 Å². The number of hydrogen-bond acceptors (Lipinski definition) is 3. The molecule has 1 heterocycles. The van der Waals surface area contributed by atoms with E-state index in [0.29, 0.717) is 29.6 Å². The number of nitrogens with two attached hydrogens (primary N) is 1. The Balaban J connectivity index is 2.17. The Morgan fingerprint density at radius 3 is 2.46 bits per heavy atom. The summed E-state index contributed by atoms with van der Waals surface area (Å²) in [5.41, 5.74) is 7.79. The van der Waals surface area contributed by atoms with Gasteiger partial charge in [-0.15, -0.1) is 0 Å². The van der Waals surface area contributed by atoms with Gasteiger partial charge in [-0.3, -0.25) is 9.69 Å². The lowest BCUT2D eigenvalue weighted by atomic mass is 9.81. The van der Waals surface area contributed by atoms with Crippen molar-refractivity contribution in [3.63, 3.8) is 0 Å². The van der Waals surface area contributed by atoms with Crippen molar-refractivity contribution in [2.24, 2.45) is 11.1 Å². The van der Waals surface area contributed by atoms with Crippen LogP contribution in [-0.2, 0) is 16.8 Å². The Morgan fingerprint density at radius 1 is 1.11 bits per heavy atom. The Hall–Kier alpha value is -1.59. The highest BCUT2D eigenvalue weighted by molar-refractivity contribution is 6.31. The summed E-state index contributed by atoms with van der Waals surface area (Å²) in [5, 5.41) is 4.30. The highest BCUT2D eigenvalue weighted by Gasteiger charge is 2.51. The molecule has 0 aromatic heterocycles. The van der Waals surface area contributed by atoms with Crippen molar-refractivity contribution < 1.29 is 4.79 Å². The highest BCUT2D eigenvalue weighted by atomic mass is 35.5. The number of hydrogen-bond donors (Lipinski definition) is 2. The van der Waals surface area contributed by atoms with Crippen LogP contribution in [0.4, 0.5) is 5.69 Å². The standard InChI is InChI=1S/C22H27Cl2N3O/c1-21(2,3)14-27(10-9-25)22(13-15-5-4-6-16(23)11-15)18-8-7-17(24)12-19(18)26-20(22)28/h4-8,11-12H,9-10,13-14,25H2,1-3H3,(H,26,28)/t22-/m0/s1. The quantitative estimate of drug-likeness (QED) is 0.713. The van der Waals surface area contributed by atoms with Crippen LogP contribution in [0.3, 0.4) is 0 Å². The average Bonchev–Trinajstić information content (AvgIpc) is 2.85. The maximum absolute atomic E-state index is 13.5. The molecule has 28 heavy (non-hydrogen) atoms. The summed E-state index contributed by atoms with van der Waals surface area (Å²) in [6.07, 6.45) is 0.504. The monoisotopic (exact) mass is 419 g/mol. The number of amides is 1. The maximum Gasteiger partial charge on any atom is 0.249 e. The normalized spacial score (nSPS) is 19.0. The lowest BCUT2D eigenvalue weighted by Crippen LogP contribution is -2.56. The number of anilines is 1.